The number of carbonyl (C=O) groups is 1. The van der Waals surface area contributed by atoms with Gasteiger partial charge in [-0.15, -0.1) is 10.2 Å². The number of aromatic nitrogens is 2. The van der Waals surface area contributed by atoms with Gasteiger partial charge in [0, 0.05) is 6.42 Å². The quantitative estimate of drug-likeness (QED) is 0.829. The van der Waals surface area contributed by atoms with Crippen molar-refractivity contribution in [3.05, 3.63) is 41.6 Å². The van der Waals surface area contributed by atoms with Gasteiger partial charge in [0.2, 0.25) is 11.8 Å². The maximum atomic E-state index is 10.4. The van der Waals surface area contributed by atoms with Gasteiger partial charge in [-0.1, -0.05) is 12.1 Å². The first kappa shape index (κ1) is 12.1. The Bertz CT molecular complexity index is 551. The van der Waals surface area contributed by atoms with E-state index in [4.69, 9.17) is 9.52 Å². The van der Waals surface area contributed by atoms with Crippen LogP contribution in [-0.4, -0.2) is 26.4 Å². The van der Waals surface area contributed by atoms with Crippen LogP contribution >= 0.6 is 0 Å². The van der Waals surface area contributed by atoms with Gasteiger partial charge in [-0.2, -0.15) is 0 Å². The standard InChI is InChI=1S/C12H12N2O4/c15-9-3-1-2-8(6-9)7-11-14-13-10(18-11)4-5-12(16)17/h1-3,6,15H,4-5,7H2,(H,16,17). The van der Waals surface area contributed by atoms with Crippen molar-refractivity contribution in [3.8, 4) is 5.75 Å². The van der Waals surface area contributed by atoms with Crippen molar-refractivity contribution in [2.45, 2.75) is 19.3 Å². The number of nitrogens with zero attached hydrogens (tertiary/aromatic N) is 2. The molecular formula is C12H12N2O4. The van der Waals surface area contributed by atoms with E-state index in [1.807, 2.05) is 6.07 Å². The molecule has 2 N–H and O–H groups in total. The van der Waals surface area contributed by atoms with Crippen LogP contribution < -0.4 is 0 Å². The summed E-state index contributed by atoms with van der Waals surface area (Å²) >= 11 is 0. The van der Waals surface area contributed by atoms with E-state index in [2.05, 4.69) is 10.2 Å². The summed E-state index contributed by atoms with van der Waals surface area (Å²) < 4.78 is 5.31. The van der Waals surface area contributed by atoms with Crippen LogP contribution in [0.4, 0.5) is 0 Å². The first-order valence-corrected chi connectivity index (χ1v) is 5.44. The van der Waals surface area contributed by atoms with Crippen LogP contribution in [0.15, 0.2) is 28.7 Å². The topological polar surface area (TPSA) is 96.5 Å². The third-order valence-corrected chi connectivity index (χ3v) is 2.33. The summed E-state index contributed by atoms with van der Waals surface area (Å²) in [5.74, 6) is -0.00519. The van der Waals surface area contributed by atoms with Crippen LogP contribution in [0, 0.1) is 0 Å². The number of benzene rings is 1. The van der Waals surface area contributed by atoms with Gasteiger partial charge in [-0.05, 0) is 17.7 Å². The average molecular weight is 248 g/mol. The number of aryl methyl sites for hydroxylation is 1. The fourth-order valence-electron chi connectivity index (χ4n) is 1.52. The van der Waals surface area contributed by atoms with E-state index < -0.39 is 5.97 Å². The molecule has 6 heteroatoms. The molecule has 0 saturated heterocycles. The third-order valence-electron chi connectivity index (χ3n) is 2.33. The Morgan fingerprint density at radius 1 is 1.28 bits per heavy atom. The van der Waals surface area contributed by atoms with Crippen molar-refractivity contribution in [1.29, 1.82) is 0 Å². The van der Waals surface area contributed by atoms with Gasteiger partial charge in [0.15, 0.2) is 0 Å². The van der Waals surface area contributed by atoms with Crippen molar-refractivity contribution >= 4 is 5.97 Å². The highest BCUT2D eigenvalue weighted by molar-refractivity contribution is 5.66. The molecule has 0 bridgehead atoms. The van der Waals surface area contributed by atoms with Crippen molar-refractivity contribution in [1.82, 2.24) is 10.2 Å². The summed E-state index contributed by atoms with van der Waals surface area (Å²) in [5.41, 5.74) is 0.850. The molecule has 0 radical (unpaired) electrons. The van der Waals surface area contributed by atoms with Crippen LogP contribution in [0.3, 0.4) is 0 Å². The summed E-state index contributed by atoms with van der Waals surface area (Å²) in [7, 11) is 0. The lowest BCUT2D eigenvalue weighted by atomic mass is 10.1. The SMILES string of the molecule is O=C(O)CCc1nnc(Cc2cccc(O)c2)o1. The zero-order chi connectivity index (χ0) is 13.0. The normalized spacial score (nSPS) is 10.4. The van der Waals surface area contributed by atoms with Crippen molar-refractivity contribution < 1.29 is 19.4 Å². The summed E-state index contributed by atoms with van der Waals surface area (Å²) in [6.07, 6.45) is 0.602. The molecule has 0 aliphatic heterocycles. The highest BCUT2D eigenvalue weighted by Gasteiger charge is 2.09. The molecule has 1 aromatic heterocycles. The molecule has 0 saturated carbocycles. The summed E-state index contributed by atoms with van der Waals surface area (Å²) in [4.78, 5) is 10.4. The van der Waals surface area contributed by atoms with Crippen LogP contribution in [0.5, 0.6) is 5.75 Å². The number of hydrogen-bond donors (Lipinski definition) is 2. The van der Waals surface area contributed by atoms with E-state index in [1.54, 1.807) is 18.2 Å². The Labute approximate surface area is 103 Å². The molecule has 0 aliphatic carbocycles. The molecule has 18 heavy (non-hydrogen) atoms. The van der Waals surface area contributed by atoms with Crippen LogP contribution in [0.2, 0.25) is 0 Å². The van der Waals surface area contributed by atoms with E-state index in [0.717, 1.165) is 5.56 Å². The number of phenols is 1. The number of carboxylic acids is 1. The number of rotatable bonds is 5. The number of hydrogen-bond acceptors (Lipinski definition) is 5. The van der Waals surface area contributed by atoms with E-state index in [9.17, 15) is 9.90 Å². The molecule has 2 rings (SSSR count). The Kier molecular flexibility index (Phi) is 3.57. The third kappa shape index (κ3) is 3.31. The maximum absolute atomic E-state index is 10.4. The van der Waals surface area contributed by atoms with Gasteiger partial charge in [-0.25, -0.2) is 0 Å². The van der Waals surface area contributed by atoms with Gasteiger partial charge in [0.05, 0.1) is 12.8 Å². The highest BCUT2D eigenvalue weighted by Crippen LogP contribution is 2.14. The maximum Gasteiger partial charge on any atom is 0.303 e. The first-order valence-electron chi connectivity index (χ1n) is 5.44. The average Bonchev–Trinajstić information content (AvgIpc) is 2.74. The number of carboxylic acid groups (broad SMARTS) is 1. The van der Waals surface area contributed by atoms with Crippen LogP contribution in [0.1, 0.15) is 23.8 Å². The van der Waals surface area contributed by atoms with E-state index in [1.165, 1.54) is 0 Å². The Hall–Kier alpha value is -2.37. The fraction of sp³-hybridized carbons (Fsp3) is 0.250. The molecular weight excluding hydrogens is 236 g/mol. The van der Waals surface area contributed by atoms with E-state index in [-0.39, 0.29) is 18.6 Å². The molecule has 0 amide bonds. The summed E-state index contributed by atoms with van der Waals surface area (Å²) in [5, 5.41) is 25.4. The fourth-order valence-corrected chi connectivity index (χ4v) is 1.52. The monoisotopic (exact) mass is 248 g/mol. The number of aromatic hydroxyl groups is 1. The predicted molar refractivity (Wildman–Crippen MR) is 61.2 cm³/mol. The zero-order valence-electron chi connectivity index (χ0n) is 9.54. The number of aliphatic carboxylic acids is 1. The molecule has 0 spiro atoms. The van der Waals surface area contributed by atoms with Gasteiger partial charge in [-0.3, -0.25) is 4.79 Å². The predicted octanol–water partition coefficient (Wildman–Crippen LogP) is 1.38. The second-order valence-electron chi connectivity index (χ2n) is 3.83. The molecule has 0 fully saturated rings. The molecule has 6 nitrogen and oxygen atoms in total. The second kappa shape index (κ2) is 5.31. The lowest BCUT2D eigenvalue weighted by molar-refractivity contribution is -0.137. The zero-order valence-corrected chi connectivity index (χ0v) is 9.54. The van der Waals surface area contributed by atoms with Gasteiger partial charge < -0.3 is 14.6 Å². The van der Waals surface area contributed by atoms with Crippen molar-refractivity contribution in [2.24, 2.45) is 0 Å². The molecule has 0 aliphatic rings. The number of phenolic OH excluding ortho intramolecular Hbond substituents is 1. The largest absolute Gasteiger partial charge is 0.508 e. The van der Waals surface area contributed by atoms with Gasteiger partial charge >= 0.3 is 5.97 Å². The van der Waals surface area contributed by atoms with Crippen LogP contribution in [-0.2, 0) is 17.6 Å². The minimum absolute atomic E-state index is 0.0340. The van der Waals surface area contributed by atoms with Gasteiger partial charge in [0.25, 0.3) is 0 Å². The molecule has 0 atom stereocenters. The Morgan fingerprint density at radius 2 is 2.06 bits per heavy atom. The van der Waals surface area contributed by atoms with Gasteiger partial charge in [0.1, 0.15) is 5.75 Å². The van der Waals surface area contributed by atoms with Crippen molar-refractivity contribution in [2.75, 3.05) is 0 Å². The first-order chi connectivity index (χ1) is 8.63. The summed E-state index contributed by atoms with van der Waals surface area (Å²) in [6, 6.07) is 6.75. The smallest absolute Gasteiger partial charge is 0.303 e. The Balaban J connectivity index is 2.00. The second-order valence-corrected chi connectivity index (χ2v) is 3.83. The van der Waals surface area contributed by atoms with E-state index in [0.29, 0.717) is 18.2 Å². The highest BCUT2D eigenvalue weighted by atomic mass is 16.4. The molecule has 94 valence electrons. The minimum atomic E-state index is -0.900. The lowest BCUT2D eigenvalue weighted by Crippen LogP contribution is -1.97. The molecule has 1 heterocycles. The molecule has 2 aromatic rings. The van der Waals surface area contributed by atoms with Crippen molar-refractivity contribution in [3.63, 3.8) is 0 Å². The summed E-state index contributed by atoms with van der Waals surface area (Å²) in [6.45, 7) is 0. The van der Waals surface area contributed by atoms with E-state index >= 15 is 0 Å². The Morgan fingerprint density at radius 3 is 2.78 bits per heavy atom. The molecule has 1 aromatic carbocycles. The minimum Gasteiger partial charge on any atom is -0.508 e. The lowest BCUT2D eigenvalue weighted by Gasteiger charge is -1.97. The molecule has 0 unspecified atom stereocenters. The van der Waals surface area contributed by atoms with Crippen LogP contribution in [0.25, 0.3) is 0 Å².